The van der Waals surface area contributed by atoms with Crippen LogP contribution < -0.4 is 0 Å². The molecule has 0 aliphatic heterocycles. The van der Waals surface area contributed by atoms with Gasteiger partial charge in [-0.15, -0.1) is 0 Å². The Morgan fingerprint density at radius 1 is 1.53 bits per heavy atom. The Labute approximate surface area is 90.8 Å². The fourth-order valence-electron chi connectivity index (χ4n) is 1.72. The quantitative estimate of drug-likeness (QED) is 0.722. The van der Waals surface area contributed by atoms with Crippen molar-refractivity contribution in [3.8, 4) is 0 Å². The van der Waals surface area contributed by atoms with Crippen molar-refractivity contribution in [2.45, 2.75) is 52.4 Å². The summed E-state index contributed by atoms with van der Waals surface area (Å²) in [7, 11) is 0. The van der Waals surface area contributed by atoms with Crippen LogP contribution in [0.15, 0.2) is 10.7 Å². The Balaban J connectivity index is 2.71. The second-order valence-corrected chi connectivity index (χ2v) is 3.90. The molecule has 0 saturated carbocycles. The fraction of sp³-hybridized carbons (Fsp3) is 0.667. The molecule has 1 rings (SSSR count). The summed E-state index contributed by atoms with van der Waals surface area (Å²) in [6.07, 6.45) is 5.12. The molecule has 0 aromatic carbocycles. The van der Waals surface area contributed by atoms with E-state index in [9.17, 15) is 4.79 Å². The zero-order valence-corrected chi connectivity index (χ0v) is 9.75. The molecule has 1 aromatic rings. The Kier molecular flexibility index (Phi) is 4.53. The van der Waals surface area contributed by atoms with Crippen molar-refractivity contribution in [2.75, 3.05) is 0 Å². The second kappa shape index (κ2) is 5.69. The Bertz CT molecular complexity index is 317. The molecule has 0 bridgehead atoms. The molecule has 0 spiro atoms. The number of carbonyl (C=O) groups excluding carboxylic acids is 1. The second-order valence-electron chi connectivity index (χ2n) is 3.90. The van der Waals surface area contributed by atoms with Crippen molar-refractivity contribution >= 4 is 5.78 Å². The number of hydrogen-bond acceptors (Lipinski definition) is 3. The van der Waals surface area contributed by atoms with Gasteiger partial charge in [0.1, 0.15) is 11.5 Å². The van der Waals surface area contributed by atoms with Crippen molar-refractivity contribution in [3.63, 3.8) is 0 Å². The maximum Gasteiger partial charge on any atom is 0.150 e. The van der Waals surface area contributed by atoms with E-state index in [2.05, 4.69) is 12.1 Å². The number of Topliss-reactive ketones (excluding diaryl/α,β-unsaturated/α-hetero) is 1. The van der Waals surface area contributed by atoms with Crippen LogP contribution in [-0.4, -0.2) is 10.9 Å². The highest BCUT2D eigenvalue weighted by Gasteiger charge is 2.23. The summed E-state index contributed by atoms with van der Waals surface area (Å²) in [4.78, 5) is 11.9. The number of rotatable bonds is 6. The van der Waals surface area contributed by atoms with Crippen LogP contribution in [0.3, 0.4) is 0 Å². The van der Waals surface area contributed by atoms with E-state index in [0.29, 0.717) is 6.42 Å². The smallest absolute Gasteiger partial charge is 0.150 e. The van der Waals surface area contributed by atoms with Crippen molar-refractivity contribution in [1.29, 1.82) is 0 Å². The summed E-state index contributed by atoms with van der Waals surface area (Å²) in [6, 6.07) is 0. The maximum absolute atomic E-state index is 11.9. The van der Waals surface area contributed by atoms with E-state index in [1.165, 1.54) is 0 Å². The number of ketones is 1. The van der Waals surface area contributed by atoms with Gasteiger partial charge in [-0.25, -0.2) is 0 Å². The first kappa shape index (κ1) is 12.0. The highest BCUT2D eigenvalue weighted by Crippen LogP contribution is 2.25. The molecule has 0 radical (unpaired) electrons. The SMILES string of the molecule is CCCCC(=O)[C@@H](CC)c1oncc1C. The van der Waals surface area contributed by atoms with Crippen LogP contribution in [0, 0.1) is 6.92 Å². The molecule has 0 saturated heterocycles. The number of nitrogens with zero attached hydrogens (tertiary/aromatic N) is 1. The summed E-state index contributed by atoms with van der Waals surface area (Å²) in [5, 5.41) is 3.73. The minimum Gasteiger partial charge on any atom is -0.360 e. The summed E-state index contributed by atoms with van der Waals surface area (Å²) in [5.41, 5.74) is 0.978. The van der Waals surface area contributed by atoms with Crippen LogP contribution in [-0.2, 0) is 4.79 Å². The minimum atomic E-state index is -0.0981. The first-order chi connectivity index (χ1) is 7.20. The van der Waals surface area contributed by atoms with E-state index < -0.39 is 0 Å². The van der Waals surface area contributed by atoms with Gasteiger partial charge in [0.25, 0.3) is 0 Å². The number of aryl methyl sites for hydroxylation is 1. The van der Waals surface area contributed by atoms with Gasteiger partial charge in [0.05, 0.1) is 12.1 Å². The van der Waals surface area contributed by atoms with E-state index in [4.69, 9.17) is 4.52 Å². The van der Waals surface area contributed by atoms with Crippen LogP contribution in [0.5, 0.6) is 0 Å². The van der Waals surface area contributed by atoms with Gasteiger partial charge in [0.2, 0.25) is 0 Å². The zero-order valence-electron chi connectivity index (χ0n) is 9.75. The molecule has 0 aliphatic rings. The van der Waals surface area contributed by atoms with Crippen molar-refractivity contribution < 1.29 is 9.32 Å². The van der Waals surface area contributed by atoms with Crippen LogP contribution in [0.4, 0.5) is 0 Å². The van der Waals surface area contributed by atoms with Crippen molar-refractivity contribution in [3.05, 3.63) is 17.5 Å². The lowest BCUT2D eigenvalue weighted by atomic mass is 9.93. The topological polar surface area (TPSA) is 43.1 Å². The molecule has 3 heteroatoms. The molecule has 84 valence electrons. The molecule has 0 fully saturated rings. The normalized spacial score (nSPS) is 12.7. The number of unbranched alkanes of at least 4 members (excludes halogenated alkanes) is 1. The van der Waals surface area contributed by atoms with Crippen LogP contribution >= 0.6 is 0 Å². The number of carbonyl (C=O) groups is 1. The van der Waals surface area contributed by atoms with Gasteiger partial charge < -0.3 is 4.52 Å². The van der Waals surface area contributed by atoms with Gasteiger partial charge >= 0.3 is 0 Å². The summed E-state index contributed by atoms with van der Waals surface area (Å²) in [5.74, 6) is 0.928. The first-order valence-electron chi connectivity index (χ1n) is 5.64. The van der Waals surface area contributed by atoms with E-state index in [1.807, 2.05) is 13.8 Å². The molecule has 0 N–H and O–H groups in total. The molecule has 0 aliphatic carbocycles. The monoisotopic (exact) mass is 209 g/mol. The van der Waals surface area contributed by atoms with Gasteiger partial charge in [-0.3, -0.25) is 4.79 Å². The average Bonchev–Trinajstić information content (AvgIpc) is 2.63. The third-order valence-corrected chi connectivity index (χ3v) is 2.68. The molecule has 1 aromatic heterocycles. The summed E-state index contributed by atoms with van der Waals surface area (Å²) >= 11 is 0. The average molecular weight is 209 g/mol. The Morgan fingerprint density at radius 2 is 2.27 bits per heavy atom. The fourth-order valence-corrected chi connectivity index (χ4v) is 1.72. The lowest BCUT2D eigenvalue weighted by Crippen LogP contribution is -2.11. The minimum absolute atomic E-state index is 0.0981. The predicted molar refractivity (Wildman–Crippen MR) is 58.8 cm³/mol. The van der Waals surface area contributed by atoms with Gasteiger partial charge in [-0.1, -0.05) is 25.4 Å². The van der Waals surface area contributed by atoms with Crippen LogP contribution in [0.1, 0.15) is 56.8 Å². The van der Waals surface area contributed by atoms with Crippen LogP contribution in [0.25, 0.3) is 0 Å². The molecule has 0 amide bonds. The number of hydrogen-bond donors (Lipinski definition) is 0. The molecule has 15 heavy (non-hydrogen) atoms. The van der Waals surface area contributed by atoms with E-state index >= 15 is 0 Å². The third-order valence-electron chi connectivity index (χ3n) is 2.68. The lowest BCUT2D eigenvalue weighted by Gasteiger charge is -2.10. The van der Waals surface area contributed by atoms with Gasteiger partial charge in [-0.2, -0.15) is 0 Å². The molecule has 1 heterocycles. The molecule has 0 unspecified atom stereocenters. The van der Waals surface area contributed by atoms with E-state index in [-0.39, 0.29) is 11.7 Å². The molecule has 1 atom stereocenters. The number of aromatic nitrogens is 1. The Hall–Kier alpha value is -1.12. The zero-order chi connectivity index (χ0) is 11.3. The standard InChI is InChI=1S/C12H19NO2/c1-4-6-7-11(14)10(5-2)12-9(3)8-13-15-12/h8,10H,4-7H2,1-3H3/t10-/m1/s1. The van der Waals surface area contributed by atoms with Crippen LogP contribution in [0.2, 0.25) is 0 Å². The third kappa shape index (κ3) is 2.91. The van der Waals surface area contributed by atoms with Crippen molar-refractivity contribution in [1.82, 2.24) is 5.16 Å². The van der Waals surface area contributed by atoms with E-state index in [1.54, 1.807) is 6.20 Å². The summed E-state index contributed by atoms with van der Waals surface area (Å²) in [6.45, 7) is 6.03. The highest BCUT2D eigenvalue weighted by atomic mass is 16.5. The van der Waals surface area contributed by atoms with Gasteiger partial charge in [0, 0.05) is 12.0 Å². The maximum atomic E-state index is 11.9. The van der Waals surface area contributed by atoms with Crippen molar-refractivity contribution in [2.24, 2.45) is 0 Å². The van der Waals surface area contributed by atoms with E-state index in [0.717, 1.165) is 30.6 Å². The van der Waals surface area contributed by atoms with Gasteiger partial charge in [0.15, 0.2) is 0 Å². The highest BCUT2D eigenvalue weighted by molar-refractivity contribution is 5.85. The summed E-state index contributed by atoms with van der Waals surface area (Å²) < 4.78 is 5.15. The largest absolute Gasteiger partial charge is 0.360 e. The molecular formula is C12H19NO2. The van der Waals surface area contributed by atoms with Gasteiger partial charge in [-0.05, 0) is 19.8 Å². The first-order valence-corrected chi connectivity index (χ1v) is 5.64. The predicted octanol–water partition coefficient (Wildman–Crippen LogP) is 3.24. The molecule has 3 nitrogen and oxygen atoms in total. The lowest BCUT2D eigenvalue weighted by molar-refractivity contribution is -0.121. The molecular weight excluding hydrogens is 190 g/mol. The Morgan fingerprint density at radius 3 is 2.73 bits per heavy atom.